The molecule has 0 aliphatic heterocycles. The van der Waals surface area contributed by atoms with Crippen LogP contribution in [0.1, 0.15) is 10.5 Å². The number of aliphatic hydroxyl groups is 1. The molecule has 1 rings (SSSR count). The van der Waals surface area contributed by atoms with Crippen molar-refractivity contribution in [3.8, 4) is 0 Å². The fraction of sp³-hybridized carbons (Fsp3) is 0.583. The SMILES string of the molecule is COCC(O)CN(C)c1ccc(C(=O)N(C)C)nn1. The molecule has 0 aliphatic carbocycles. The van der Waals surface area contributed by atoms with Crippen LogP contribution in [0.2, 0.25) is 0 Å². The van der Waals surface area contributed by atoms with Crippen molar-refractivity contribution < 1.29 is 14.6 Å². The number of rotatable bonds is 6. The Kier molecular flexibility index (Phi) is 5.65. The van der Waals surface area contributed by atoms with Gasteiger partial charge < -0.3 is 19.6 Å². The largest absolute Gasteiger partial charge is 0.389 e. The number of carbonyl (C=O) groups is 1. The minimum Gasteiger partial charge on any atom is -0.389 e. The van der Waals surface area contributed by atoms with E-state index in [2.05, 4.69) is 10.2 Å². The van der Waals surface area contributed by atoms with Crippen LogP contribution < -0.4 is 4.90 Å². The molecule has 106 valence electrons. The van der Waals surface area contributed by atoms with Gasteiger partial charge in [-0.05, 0) is 12.1 Å². The van der Waals surface area contributed by atoms with Crippen LogP contribution in [0.3, 0.4) is 0 Å². The number of aromatic nitrogens is 2. The van der Waals surface area contributed by atoms with Gasteiger partial charge in [-0.1, -0.05) is 0 Å². The van der Waals surface area contributed by atoms with E-state index >= 15 is 0 Å². The molecule has 1 heterocycles. The molecule has 1 N–H and O–H groups in total. The Hall–Kier alpha value is -1.73. The molecule has 0 aliphatic rings. The molecule has 7 nitrogen and oxygen atoms in total. The van der Waals surface area contributed by atoms with Crippen molar-refractivity contribution in [2.24, 2.45) is 0 Å². The highest BCUT2D eigenvalue weighted by Crippen LogP contribution is 2.09. The van der Waals surface area contributed by atoms with E-state index in [0.717, 1.165) is 0 Å². The van der Waals surface area contributed by atoms with Crippen molar-refractivity contribution in [2.75, 3.05) is 46.3 Å². The fourth-order valence-electron chi connectivity index (χ4n) is 1.53. The van der Waals surface area contributed by atoms with Gasteiger partial charge in [-0.15, -0.1) is 10.2 Å². The molecule has 0 spiro atoms. The topological polar surface area (TPSA) is 78.8 Å². The first kappa shape index (κ1) is 15.3. The molecule has 7 heteroatoms. The van der Waals surface area contributed by atoms with E-state index in [1.165, 1.54) is 12.0 Å². The zero-order valence-corrected chi connectivity index (χ0v) is 11.7. The lowest BCUT2D eigenvalue weighted by atomic mass is 10.3. The number of nitrogens with zero attached hydrogens (tertiary/aromatic N) is 4. The van der Waals surface area contributed by atoms with Crippen LogP contribution in [0.5, 0.6) is 0 Å². The van der Waals surface area contributed by atoms with Gasteiger partial charge in [0.25, 0.3) is 5.91 Å². The molecule has 0 saturated carbocycles. The molecule has 1 unspecified atom stereocenters. The Morgan fingerprint density at radius 3 is 2.53 bits per heavy atom. The van der Waals surface area contributed by atoms with Gasteiger partial charge in [0.15, 0.2) is 11.5 Å². The van der Waals surface area contributed by atoms with E-state index in [1.54, 1.807) is 38.2 Å². The molecule has 1 atom stereocenters. The van der Waals surface area contributed by atoms with E-state index in [0.29, 0.717) is 18.1 Å². The van der Waals surface area contributed by atoms with Gasteiger partial charge in [0.2, 0.25) is 0 Å². The van der Waals surface area contributed by atoms with Gasteiger partial charge in [-0.25, -0.2) is 0 Å². The van der Waals surface area contributed by atoms with Crippen molar-refractivity contribution >= 4 is 11.7 Å². The summed E-state index contributed by atoms with van der Waals surface area (Å²) < 4.78 is 4.85. The van der Waals surface area contributed by atoms with Crippen molar-refractivity contribution in [1.29, 1.82) is 0 Å². The zero-order chi connectivity index (χ0) is 14.4. The molecule has 1 aromatic rings. The fourth-order valence-corrected chi connectivity index (χ4v) is 1.53. The number of methoxy groups -OCH3 is 1. The molecule has 1 amide bonds. The van der Waals surface area contributed by atoms with E-state index < -0.39 is 6.10 Å². The standard InChI is InChI=1S/C12H20N4O3/c1-15(2)12(18)10-5-6-11(14-13-10)16(3)7-9(17)8-19-4/h5-6,9,17H,7-8H2,1-4H3. The summed E-state index contributed by atoms with van der Waals surface area (Å²) in [5, 5.41) is 17.5. The maximum Gasteiger partial charge on any atom is 0.273 e. The third kappa shape index (κ3) is 4.46. The smallest absolute Gasteiger partial charge is 0.273 e. The summed E-state index contributed by atoms with van der Waals surface area (Å²) in [5.74, 6) is 0.395. The maximum atomic E-state index is 11.6. The second kappa shape index (κ2) is 7.01. The van der Waals surface area contributed by atoms with Gasteiger partial charge in [0.1, 0.15) is 0 Å². The lowest BCUT2D eigenvalue weighted by Crippen LogP contribution is -2.32. The molecule has 0 fully saturated rings. The molecule has 0 saturated heterocycles. The number of carbonyl (C=O) groups excluding carboxylic acids is 1. The Morgan fingerprint density at radius 2 is 2.05 bits per heavy atom. The van der Waals surface area contributed by atoms with Gasteiger partial charge in [0.05, 0.1) is 12.7 Å². The molecule has 0 radical (unpaired) electrons. The van der Waals surface area contributed by atoms with Crippen LogP contribution in [0.4, 0.5) is 5.82 Å². The van der Waals surface area contributed by atoms with Crippen molar-refractivity contribution in [2.45, 2.75) is 6.10 Å². The Labute approximate surface area is 112 Å². The van der Waals surface area contributed by atoms with Crippen LogP contribution in [0, 0.1) is 0 Å². The van der Waals surface area contributed by atoms with Gasteiger partial charge in [0, 0.05) is 34.8 Å². The van der Waals surface area contributed by atoms with Crippen molar-refractivity contribution in [3.63, 3.8) is 0 Å². The zero-order valence-electron chi connectivity index (χ0n) is 11.7. The van der Waals surface area contributed by atoms with Crippen LogP contribution in [0.25, 0.3) is 0 Å². The summed E-state index contributed by atoms with van der Waals surface area (Å²) >= 11 is 0. The highest BCUT2D eigenvalue weighted by Gasteiger charge is 2.13. The number of anilines is 1. The first-order valence-corrected chi connectivity index (χ1v) is 5.89. The summed E-state index contributed by atoms with van der Waals surface area (Å²) in [6, 6.07) is 3.31. The van der Waals surface area contributed by atoms with Gasteiger partial charge >= 0.3 is 0 Å². The van der Waals surface area contributed by atoms with Gasteiger partial charge in [-0.2, -0.15) is 0 Å². The summed E-state index contributed by atoms with van der Waals surface area (Å²) in [6.45, 7) is 0.637. The van der Waals surface area contributed by atoms with E-state index in [-0.39, 0.29) is 12.5 Å². The summed E-state index contributed by atoms with van der Waals surface area (Å²) in [4.78, 5) is 14.8. The lowest BCUT2D eigenvalue weighted by Gasteiger charge is -2.20. The highest BCUT2D eigenvalue weighted by molar-refractivity contribution is 5.91. The summed E-state index contributed by atoms with van der Waals surface area (Å²) in [7, 11) is 6.64. The third-order valence-electron chi connectivity index (χ3n) is 2.51. The van der Waals surface area contributed by atoms with Crippen molar-refractivity contribution in [1.82, 2.24) is 15.1 Å². The number of aliphatic hydroxyl groups excluding tert-OH is 1. The maximum absolute atomic E-state index is 11.6. The minimum absolute atomic E-state index is 0.193. The number of amides is 1. The van der Waals surface area contributed by atoms with E-state index in [4.69, 9.17) is 4.74 Å². The van der Waals surface area contributed by atoms with Gasteiger partial charge in [-0.3, -0.25) is 4.79 Å². The molecule has 1 aromatic heterocycles. The molecule has 0 bridgehead atoms. The van der Waals surface area contributed by atoms with E-state index in [9.17, 15) is 9.90 Å². The third-order valence-corrected chi connectivity index (χ3v) is 2.51. The Morgan fingerprint density at radius 1 is 1.37 bits per heavy atom. The predicted octanol–water partition coefficient (Wildman–Crippen LogP) is -0.378. The summed E-state index contributed by atoms with van der Waals surface area (Å²) in [6.07, 6.45) is -0.597. The van der Waals surface area contributed by atoms with E-state index in [1.807, 2.05) is 0 Å². The Bertz CT molecular complexity index is 408. The first-order valence-electron chi connectivity index (χ1n) is 5.89. The average Bonchev–Trinajstić information content (AvgIpc) is 2.38. The molecule has 19 heavy (non-hydrogen) atoms. The monoisotopic (exact) mass is 268 g/mol. The minimum atomic E-state index is -0.597. The van der Waals surface area contributed by atoms with Crippen LogP contribution in [-0.4, -0.2) is 73.6 Å². The first-order chi connectivity index (χ1) is 8.95. The Balaban J connectivity index is 2.68. The quantitative estimate of drug-likeness (QED) is 0.758. The number of hydrogen-bond donors (Lipinski definition) is 1. The van der Waals surface area contributed by atoms with Crippen LogP contribution >= 0.6 is 0 Å². The number of ether oxygens (including phenoxy) is 1. The molecular weight excluding hydrogens is 248 g/mol. The molecule has 0 aromatic carbocycles. The van der Waals surface area contributed by atoms with Crippen molar-refractivity contribution in [3.05, 3.63) is 17.8 Å². The average molecular weight is 268 g/mol. The second-order valence-corrected chi connectivity index (χ2v) is 4.47. The summed E-state index contributed by atoms with van der Waals surface area (Å²) in [5.41, 5.74) is 0.291. The molecular formula is C12H20N4O3. The van der Waals surface area contributed by atoms with Crippen LogP contribution in [0.15, 0.2) is 12.1 Å². The lowest BCUT2D eigenvalue weighted by molar-refractivity contribution is 0.0694. The predicted molar refractivity (Wildman–Crippen MR) is 71.2 cm³/mol. The highest BCUT2D eigenvalue weighted by atomic mass is 16.5. The normalized spacial score (nSPS) is 12.1. The number of likely N-dealkylation sites (N-methyl/N-ethyl adjacent to an activating group) is 1. The van der Waals surface area contributed by atoms with Crippen LogP contribution in [-0.2, 0) is 4.74 Å². The second-order valence-electron chi connectivity index (χ2n) is 4.47. The number of hydrogen-bond acceptors (Lipinski definition) is 6.